The fourth-order valence-corrected chi connectivity index (χ4v) is 2.15. The number of rotatable bonds is 7. The summed E-state index contributed by atoms with van der Waals surface area (Å²) in [6.45, 7) is 5.43. The first-order chi connectivity index (χ1) is 10.6. The Hall–Kier alpha value is -2.17. The van der Waals surface area contributed by atoms with Gasteiger partial charge in [-0.05, 0) is 19.4 Å². The molecule has 1 aromatic heterocycles. The number of halogens is 1. The lowest BCUT2D eigenvalue weighted by molar-refractivity contribution is 0.612. The van der Waals surface area contributed by atoms with Gasteiger partial charge < -0.3 is 10.2 Å². The van der Waals surface area contributed by atoms with Crippen LogP contribution in [0, 0.1) is 12.7 Å². The van der Waals surface area contributed by atoms with E-state index in [9.17, 15) is 4.39 Å². The number of aromatic nitrogens is 2. The zero-order valence-corrected chi connectivity index (χ0v) is 13.4. The van der Waals surface area contributed by atoms with Gasteiger partial charge in [-0.25, -0.2) is 9.37 Å². The minimum Gasteiger partial charge on any atom is -0.360 e. The van der Waals surface area contributed by atoms with E-state index in [0.717, 1.165) is 30.9 Å². The summed E-state index contributed by atoms with van der Waals surface area (Å²) < 4.78 is 13.6. The summed E-state index contributed by atoms with van der Waals surface area (Å²) in [6, 6.07) is 8.68. The van der Waals surface area contributed by atoms with E-state index >= 15 is 0 Å². The fourth-order valence-electron chi connectivity index (χ4n) is 2.15. The summed E-state index contributed by atoms with van der Waals surface area (Å²) >= 11 is 0. The molecule has 0 saturated heterocycles. The molecule has 0 saturated carbocycles. The van der Waals surface area contributed by atoms with Crippen LogP contribution in [0.2, 0.25) is 0 Å². The number of benzene rings is 1. The topological polar surface area (TPSA) is 41.1 Å². The van der Waals surface area contributed by atoms with Crippen LogP contribution in [0.1, 0.15) is 31.0 Å². The van der Waals surface area contributed by atoms with Crippen molar-refractivity contribution in [2.24, 2.45) is 0 Å². The molecule has 0 fully saturated rings. The maximum atomic E-state index is 13.6. The molecule has 0 bridgehead atoms. The number of anilines is 2. The second kappa shape index (κ2) is 7.73. The number of unbranched alkanes of at least 4 members (excludes halogenated alkanes) is 1. The molecule has 0 aliphatic rings. The lowest BCUT2D eigenvalue weighted by atomic mass is 10.2. The Balaban J connectivity index is 2.08. The molecule has 5 heteroatoms. The van der Waals surface area contributed by atoms with E-state index in [0.29, 0.717) is 18.1 Å². The van der Waals surface area contributed by atoms with Crippen molar-refractivity contribution >= 4 is 11.8 Å². The van der Waals surface area contributed by atoms with Gasteiger partial charge in [0.2, 0.25) is 5.95 Å². The summed E-state index contributed by atoms with van der Waals surface area (Å²) in [5.41, 5.74) is 1.50. The Kier molecular flexibility index (Phi) is 5.69. The monoisotopic (exact) mass is 302 g/mol. The summed E-state index contributed by atoms with van der Waals surface area (Å²) in [6.07, 6.45) is 2.27. The lowest BCUT2D eigenvalue weighted by Gasteiger charge is -2.19. The highest BCUT2D eigenvalue weighted by Crippen LogP contribution is 2.15. The molecule has 0 aliphatic heterocycles. The summed E-state index contributed by atoms with van der Waals surface area (Å²) in [5.74, 6) is 1.20. The Morgan fingerprint density at radius 1 is 1.23 bits per heavy atom. The Bertz CT molecular complexity index is 615. The van der Waals surface area contributed by atoms with E-state index in [2.05, 4.69) is 27.1 Å². The zero-order chi connectivity index (χ0) is 15.9. The zero-order valence-electron chi connectivity index (χ0n) is 13.4. The van der Waals surface area contributed by atoms with Crippen molar-refractivity contribution in [2.75, 3.05) is 23.8 Å². The molecular weight excluding hydrogens is 279 g/mol. The SMILES string of the molecule is CCCCN(C)c1cc(C)nc(NCc2ccccc2F)n1. The van der Waals surface area contributed by atoms with Gasteiger partial charge in [0.05, 0.1) is 0 Å². The predicted octanol–water partition coefficient (Wildman–Crippen LogP) is 3.77. The van der Waals surface area contributed by atoms with Crippen LogP contribution in [0.25, 0.3) is 0 Å². The molecule has 118 valence electrons. The average Bonchev–Trinajstić information content (AvgIpc) is 2.51. The van der Waals surface area contributed by atoms with Crippen LogP contribution in [0.3, 0.4) is 0 Å². The number of nitrogens with zero attached hydrogens (tertiary/aromatic N) is 3. The number of hydrogen-bond acceptors (Lipinski definition) is 4. The third-order valence-corrected chi connectivity index (χ3v) is 3.47. The van der Waals surface area contributed by atoms with Crippen LogP contribution < -0.4 is 10.2 Å². The first-order valence-electron chi connectivity index (χ1n) is 7.64. The van der Waals surface area contributed by atoms with Gasteiger partial charge in [0.25, 0.3) is 0 Å². The van der Waals surface area contributed by atoms with Crippen molar-refractivity contribution in [1.82, 2.24) is 9.97 Å². The fraction of sp³-hybridized carbons (Fsp3) is 0.412. The van der Waals surface area contributed by atoms with Crippen LogP contribution in [-0.2, 0) is 6.54 Å². The van der Waals surface area contributed by atoms with Crippen LogP contribution in [0.4, 0.5) is 16.2 Å². The van der Waals surface area contributed by atoms with E-state index in [1.165, 1.54) is 6.07 Å². The highest BCUT2D eigenvalue weighted by atomic mass is 19.1. The minimum absolute atomic E-state index is 0.219. The third-order valence-electron chi connectivity index (χ3n) is 3.47. The van der Waals surface area contributed by atoms with Crippen molar-refractivity contribution in [3.63, 3.8) is 0 Å². The van der Waals surface area contributed by atoms with Gasteiger partial charge in [-0.2, -0.15) is 4.98 Å². The second-order valence-electron chi connectivity index (χ2n) is 5.41. The molecule has 0 amide bonds. The van der Waals surface area contributed by atoms with E-state index < -0.39 is 0 Å². The first-order valence-corrected chi connectivity index (χ1v) is 7.64. The average molecular weight is 302 g/mol. The molecule has 1 heterocycles. The summed E-state index contributed by atoms with van der Waals surface area (Å²) in [5, 5.41) is 3.11. The van der Waals surface area contributed by atoms with Gasteiger partial charge in [-0.3, -0.25) is 0 Å². The normalized spacial score (nSPS) is 10.5. The van der Waals surface area contributed by atoms with Gasteiger partial charge >= 0.3 is 0 Å². The van der Waals surface area contributed by atoms with E-state index in [1.807, 2.05) is 26.1 Å². The molecule has 22 heavy (non-hydrogen) atoms. The maximum absolute atomic E-state index is 13.6. The summed E-state index contributed by atoms with van der Waals surface area (Å²) in [7, 11) is 2.03. The number of nitrogens with one attached hydrogen (secondary N) is 1. The van der Waals surface area contributed by atoms with Crippen LogP contribution >= 0.6 is 0 Å². The predicted molar refractivity (Wildman–Crippen MR) is 88.7 cm³/mol. The molecule has 1 aromatic carbocycles. The largest absolute Gasteiger partial charge is 0.360 e. The Labute approximate surface area is 131 Å². The van der Waals surface area contributed by atoms with Gasteiger partial charge in [-0.1, -0.05) is 31.5 Å². The standard InChI is InChI=1S/C17H23FN4/c1-4-5-10-22(3)16-11-13(2)20-17(21-16)19-12-14-8-6-7-9-15(14)18/h6-9,11H,4-5,10,12H2,1-3H3,(H,19,20,21). The van der Waals surface area contributed by atoms with Gasteiger partial charge in [-0.15, -0.1) is 0 Å². The molecular formula is C17H23FN4. The molecule has 0 radical (unpaired) electrons. The van der Waals surface area contributed by atoms with E-state index in [4.69, 9.17) is 0 Å². The van der Waals surface area contributed by atoms with E-state index in [1.54, 1.807) is 12.1 Å². The van der Waals surface area contributed by atoms with Crippen LogP contribution in [0.5, 0.6) is 0 Å². The second-order valence-corrected chi connectivity index (χ2v) is 5.41. The molecule has 2 rings (SSSR count). The molecule has 1 N–H and O–H groups in total. The molecule has 0 spiro atoms. The van der Waals surface area contributed by atoms with E-state index in [-0.39, 0.29) is 5.82 Å². The molecule has 0 aliphatic carbocycles. The van der Waals surface area contributed by atoms with Crippen LogP contribution in [0.15, 0.2) is 30.3 Å². The minimum atomic E-state index is -0.219. The van der Waals surface area contributed by atoms with Crippen molar-refractivity contribution in [3.8, 4) is 0 Å². The lowest BCUT2D eigenvalue weighted by Crippen LogP contribution is -2.20. The highest BCUT2D eigenvalue weighted by Gasteiger charge is 2.07. The van der Waals surface area contributed by atoms with Gasteiger partial charge in [0.1, 0.15) is 11.6 Å². The number of aryl methyl sites for hydroxylation is 1. The Morgan fingerprint density at radius 2 is 2.00 bits per heavy atom. The number of hydrogen-bond donors (Lipinski definition) is 1. The molecule has 2 aromatic rings. The maximum Gasteiger partial charge on any atom is 0.225 e. The Morgan fingerprint density at radius 3 is 2.73 bits per heavy atom. The summed E-state index contributed by atoms with van der Waals surface area (Å²) in [4.78, 5) is 11.0. The van der Waals surface area contributed by atoms with Gasteiger partial charge in [0, 0.05) is 37.5 Å². The molecule has 0 atom stereocenters. The van der Waals surface area contributed by atoms with Crippen molar-refractivity contribution in [1.29, 1.82) is 0 Å². The molecule has 0 unspecified atom stereocenters. The smallest absolute Gasteiger partial charge is 0.225 e. The first kappa shape index (κ1) is 16.2. The van der Waals surface area contributed by atoms with Crippen molar-refractivity contribution in [2.45, 2.75) is 33.2 Å². The quantitative estimate of drug-likeness (QED) is 0.845. The van der Waals surface area contributed by atoms with Gasteiger partial charge in [0.15, 0.2) is 0 Å². The highest BCUT2D eigenvalue weighted by molar-refractivity contribution is 5.44. The van der Waals surface area contributed by atoms with Crippen molar-refractivity contribution < 1.29 is 4.39 Å². The van der Waals surface area contributed by atoms with Crippen molar-refractivity contribution in [3.05, 3.63) is 47.4 Å². The third kappa shape index (κ3) is 4.41. The van der Waals surface area contributed by atoms with Crippen LogP contribution in [-0.4, -0.2) is 23.6 Å². The molecule has 4 nitrogen and oxygen atoms in total.